The molecule has 1 aromatic rings. The van der Waals surface area contributed by atoms with Crippen molar-refractivity contribution < 1.29 is 26.7 Å². The van der Waals surface area contributed by atoms with Crippen LogP contribution in [-0.2, 0) is 17.4 Å². The lowest BCUT2D eigenvalue weighted by atomic mass is 9.89. The van der Waals surface area contributed by atoms with Gasteiger partial charge in [-0.05, 0) is 18.1 Å². The van der Waals surface area contributed by atoms with Gasteiger partial charge >= 0.3 is 6.18 Å². The quantitative estimate of drug-likeness (QED) is 0.778. The van der Waals surface area contributed by atoms with E-state index in [0.717, 1.165) is 0 Å². The van der Waals surface area contributed by atoms with Crippen molar-refractivity contribution in [3.05, 3.63) is 40.5 Å². The van der Waals surface area contributed by atoms with Crippen molar-refractivity contribution in [1.82, 2.24) is 0 Å². The predicted molar refractivity (Wildman–Crippen MR) is 80.0 cm³/mol. The minimum absolute atomic E-state index is 0.0945. The Hall–Kier alpha value is -2.38. The molecule has 0 fully saturated rings. The molecule has 0 bridgehead atoms. The first kappa shape index (κ1) is 16.5. The Balaban J connectivity index is 2.29. The van der Waals surface area contributed by atoms with Gasteiger partial charge in [0.15, 0.2) is 0 Å². The number of halogens is 5. The summed E-state index contributed by atoms with van der Waals surface area (Å²) in [6.45, 7) is 1.29. The molecule has 0 aliphatic carbocycles. The van der Waals surface area contributed by atoms with E-state index in [0.29, 0.717) is 11.6 Å². The molecular weight excluding hydrogens is 331 g/mol. The minimum atomic E-state index is -4.67. The molecule has 0 saturated heterocycles. The van der Waals surface area contributed by atoms with Gasteiger partial charge in [0, 0.05) is 24.4 Å². The Kier molecular flexibility index (Phi) is 3.65. The zero-order valence-corrected chi connectivity index (χ0v) is 12.8. The summed E-state index contributed by atoms with van der Waals surface area (Å²) < 4.78 is 65.7. The van der Waals surface area contributed by atoms with Gasteiger partial charge in [-0.25, -0.2) is 0 Å². The Morgan fingerprint density at radius 1 is 1.38 bits per heavy atom. The van der Waals surface area contributed by atoms with E-state index < -0.39 is 29.8 Å². The molecule has 0 saturated carbocycles. The highest BCUT2D eigenvalue weighted by molar-refractivity contribution is 6.04. The monoisotopic (exact) mass is 344 g/mol. The maximum Gasteiger partial charge on any atom is 0.418 e. The molecule has 8 heteroatoms. The Labute approximate surface area is 134 Å². The number of hydrogen-bond acceptors (Lipinski definition) is 2. The molecule has 1 amide bonds. The van der Waals surface area contributed by atoms with Crippen LogP contribution in [0.3, 0.4) is 0 Å². The first-order valence-electron chi connectivity index (χ1n) is 7.11. The average Bonchev–Trinajstić information content (AvgIpc) is 2.80. The highest BCUT2D eigenvalue weighted by Crippen LogP contribution is 2.49. The van der Waals surface area contributed by atoms with Crippen molar-refractivity contribution in [1.29, 1.82) is 0 Å². The minimum Gasteiger partial charge on any atom is -0.364 e. The van der Waals surface area contributed by atoms with E-state index >= 15 is 0 Å². The topological polar surface area (TPSA) is 32.3 Å². The molecule has 128 valence electrons. The third kappa shape index (κ3) is 2.46. The number of benzene rings is 1. The van der Waals surface area contributed by atoms with Crippen molar-refractivity contribution in [2.45, 2.75) is 25.6 Å². The third-order valence-electron chi connectivity index (χ3n) is 4.30. The first-order valence-corrected chi connectivity index (χ1v) is 7.11. The van der Waals surface area contributed by atoms with Crippen molar-refractivity contribution in [2.24, 2.45) is 0 Å². The van der Waals surface area contributed by atoms with Gasteiger partial charge in [0.1, 0.15) is 0 Å². The van der Waals surface area contributed by atoms with E-state index in [9.17, 15) is 26.7 Å². The van der Waals surface area contributed by atoms with Crippen molar-refractivity contribution in [3.8, 4) is 0 Å². The number of anilines is 2. The summed E-state index contributed by atoms with van der Waals surface area (Å²) in [6.07, 6.45) is -3.10. The predicted octanol–water partition coefficient (Wildman–Crippen LogP) is 4.12. The van der Waals surface area contributed by atoms with Crippen molar-refractivity contribution in [3.63, 3.8) is 0 Å². The van der Waals surface area contributed by atoms with Gasteiger partial charge in [0.25, 0.3) is 6.08 Å². The molecule has 1 aromatic carbocycles. The first-order chi connectivity index (χ1) is 11.1. The molecule has 1 atom stereocenters. The van der Waals surface area contributed by atoms with Crippen LogP contribution in [0.25, 0.3) is 6.08 Å². The lowest BCUT2D eigenvalue weighted by Gasteiger charge is -2.34. The number of carbonyl (C=O) groups excluding carboxylic acids is 1. The van der Waals surface area contributed by atoms with E-state index in [1.54, 1.807) is 0 Å². The molecule has 3 nitrogen and oxygen atoms in total. The van der Waals surface area contributed by atoms with E-state index in [4.69, 9.17) is 0 Å². The number of amides is 1. The normalized spacial score (nSPS) is 19.0. The van der Waals surface area contributed by atoms with E-state index in [1.807, 2.05) is 0 Å². The summed E-state index contributed by atoms with van der Waals surface area (Å²) in [6, 6.07) is -0.856. The second-order valence-electron chi connectivity index (χ2n) is 5.76. The highest BCUT2D eigenvalue weighted by atomic mass is 19.4. The van der Waals surface area contributed by atoms with Crippen LogP contribution in [0.5, 0.6) is 0 Å². The van der Waals surface area contributed by atoms with Crippen LogP contribution in [0.2, 0.25) is 0 Å². The van der Waals surface area contributed by atoms with Crippen molar-refractivity contribution >= 4 is 23.4 Å². The fourth-order valence-corrected chi connectivity index (χ4v) is 3.36. The number of fused-ring (bicyclic) bond motifs is 3. The number of carbonyl (C=O) groups is 1. The number of nitrogens with zero attached hydrogens (tertiary/aromatic N) is 1. The molecule has 3 rings (SSSR count). The molecule has 1 N–H and O–H groups in total. The van der Waals surface area contributed by atoms with Gasteiger partial charge in [-0.3, -0.25) is 4.79 Å². The van der Waals surface area contributed by atoms with E-state index in [2.05, 4.69) is 5.32 Å². The van der Waals surface area contributed by atoms with Crippen LogP contribution in [-0.4, -0.2) is 19.0 Å². The molecule has 2 aliphatic heterocycles. The summed E-state index contributed by atoms with van der Waals surface area (Å²) in [5, 5.41) is 2.28. The van der Waals surface area contributed by atoms with Crippen LogP contribution in [0.1, 0.15) is 22.3 Å². The lowest BCUT2D eigenvalue weighted by Crippen LogP contribution is -2.32. The van der Waals surface area contributed by atoms with Gasteiger partial charge in [-0.1, -0.05) is 12.2 Å². The smallest absolute Gasteiger partial charge is 0.364 e. The van der Waals surface area contributed by atoms with Gasteiger partial charge < -0.3 is 10.2 Å². The van der Waals surface area contributed by atoms with Crippen LogP contribution in [0, 0.1) is 6.92 Å². The number of rotatable bonds is 1. The maximum absolute atomic E-state index is 13.5. The molecule has 24 heavy (non-hydrogen) atoms. The van der Waals surface area contributed by atoms with E-state index in [-0.39, 0.29) is 28.9 Å². The Bertz CT molecular complexity index is 791. The highest BCUT2D eigenvalue weighted by Gasteiger charge is 2.42. The third-order valence-corrected chi connectivity index (χ3v) is 4.30. The van der Waals surface area contributed by atoms with Crippen LogP contribution in [0.15, 0.2) is 18.2 Å². The molecule has 0 spiro atoms. The van der Waals surface area contributed by atoms with Crippen molar-refractivity contribution in [2.75, 3.05) is 17.3 Å². The van der Waals surface area contributed by atoms with Gasteiger partial charge in [-0.2, -0.15) is 22.0 Å². The Morgan fingerprint density at radius 3 is 2.62 bits per heavy atom. The summed E-state index contributed by atoms with van der Waals surface area (Å²) in [5.74, 6) is -0.517. The van der Waals surface area contributed by atoms with Crippen LogP contribution in [0.4, 0.5) is 33.3 Å². The average molecular weight is 344 g/mol. The Morgan fingerprint density at radius 2 is 2.04 bits per heavy atom. The fraction of sp³-hybridized carbons (Fsp3) is 0.312. The van der Waals surface area contributed by atoms with E-state index in [1.165, 1.54) is 31.0 Å². The summed E-state index contributed by atoms with van der Waals surface area (Å²) in [4.78, 5) is 13.0. The number of alkyl halides is 3. The van der Waals surface area contributed by atoms with Crippen LogP contribution >= 0.6 is 0 Å². The zero-order valence-electron chi connectivity index (χ0n) is 12.8. The molecule has 0 aromatic heterocycles. The molecule has 1 unspecified atom stereocenters. The maximum atomic E-state index is 13.5. The molecule has 2 heterocycles. The number of likely N-dealkylation sites (N-methyl/N-ethyl adjacent to an activating group) is 1. The van der Waals surface area contributed by atoms with Crippen LogP contribution < -0.4 is 10.2 Å². The summed E-state index contributed by atoms with van der Waals surface area (Å²) >= 11 is 0. The standard InChI is InChI=1S/C16H13F5N2O/c1-7-13(16(19,20)21)14-10(6-12(24)22-14)9-4-3-8(5-11(17)18)23(2)15(7)9/h3-5,8H,6H2,1-2H3,(H,22,24). The summed E-state index contributed by atoms with van der Waals surface area (Å²) in [5.41, 5.74) is -0.329. The SMILES string of the molecule is Cc1c2c(c3c(c1C(F)(F)F)NC(=O)C3)C=CC(C=C(F)F)N2C. The van der Waals surface area contributed by atoms with Gasteiger partial charge in [-0.15, -0.1) is 0 Å². The number of nitrogens with one attached hydrogen (secondary N) is 1. The summed E-state index contributed by atoms with van der Waals surface area (Å²) in [7, 11) is 1.45. The van der Waals surface area contributed by atoms with Gasteiger partial charge in [0.05, 0.1) is 23.7 Å². The zero-order chi connectivity index (χ0) is 17.8. The number of hydrogen-bond donors (Lipinski definition) is 1. The second-order valence-corrected chi connectivity index (χ2v) is 5.76. The van der Waals surface area contributed by atoms with Gasteiger partial charge in [0.2, 0.25) is 5.91 Å². The lowest BCUT2D eigenvalue weighted by molar-refractivity contribution is -0.137. The second kappa shape index (κ2) is 5.32. The fourth-order valence-electron chi connectivity index (χ4n) is 3.36. The largest absolute Gasteiger partial charge is 0.418 e. The molecule has 2 aliphatic rings. The molecule has 0 radical (unpaired) electrons. The molecular formula is C16H13F5N2O.